The Morgan fingerprint density at radius 1 is 1.15 bits per heavy atom. The Kier molecular flexibility index (Phi) is 3.54. The summed E-state index contributed by atoms with van der Waals surface area (Å²) in [5.41, 5.74) is 0.440. The maximum absolute atomic E-state index is 12.7. The van der Waals surface area contributed by atoms with Crippen molar-refractivity contribution in [3.8, 4) is 0 Å². The van der Waals surface area contributed by atoms with Crippen LogP contribution in [-0.4, -0.2) is 18.5 Å². The molecule has 0 unspecified atom stereocenters. The standard InChI is InChI=1S/C16H24F2O2/c1-15(17,18)14(19)20-4-2-3-16-8-11-5-12(9-16)7-13(6-11)10-16/h11-13H,2-10H2,1H3. The molecule has 0 amide bonds. The molecular weight excluding hydrogens is 262 g/mol. The van der Waals surface area contributed by atoms with Crippen LogP contribution in [0.2, 0.25) is 0 Å². The quantitative estimate of drug-likeness (QED) is 0.560. The number of rotatable bonds is 5. The van der Waals surface area contributed by atoms with Crippen LogP contribution in [0.1, 0.15) is 58.3 Å². The van der Waals surface area contributed by atoms with E-state index in [1.54, 1.807) is 0 Å². The van der Waals surface area contributed by atoms with Crippen LogP contribution in [0.15, 0.2) is 0 Å². The van der Waals surface area contributed by atoms with E-state index in [0.29, 0.717) is 12.3 Å². The summed E-state index contributed by atoms with van der Waals surface area (Å²) in [6.07, 6.45) is 9.96. The van der Waals surface area contributed by atoms with Crippen molar-refractivity contribution in [1.82, 2.24) is 0 Å². The molecule has 0 aromatic carbocycles. The molecular formula is C16H24F2O2. The minimum absolute atomic E-state index is 0.143. The van der Waals surface area contributed by atoms with Crippen molar-refractivity contribution in [2.24, 2.45) is 23.2 Å². The molecule has 0 aromatic heterocycles. The molecule has 0 saturated heterocycles. The third kappa shape index (κ3) is 2.84. The summed E-state index contributed by atoms with van der Waals surface area (Å²) in [5.74, 6) is -2.03. The number of alkyl halides is 2. The lowest BCUT2D eigenvalue weighted by atomic mass is 9.48. The maximum atomic E-state index is 12.7. The number of esters is 1. The van der Waals surface area contributed by atoms with Crippen LogP contribution in [-0.2, 0) is 9.53 Å². The van der Waals surface area contributed by atoms with Crippen molar-refractivity contribution < 1.29 is 18.3 Å². The fourth-order valence-electron chi connectivity index (χ4n) is 5.33. The lowest BCUT2D eigenvalue weighted by Gasteiger charge is -2.57. The number of hydrogen-bond acceptors (Lipinski definition) is 2. The topological polar surface area (TPSA) is 26.3 Å². The largest absolute Gasteiger partial charge is 0.461 e. The molecule has 0 N–H and O–H groups in total. The fraction of sp³-hybridized carbons (Fsp3) is 0.938. The average molecular weight is 286 g/mol. The van der Waals surface area contributed by atoms with Crippen molar-refractivity contribution in [2.75, 3.05) is 6.61 Å². The van der Waals surface area contributed by atoms with E-state index < -0.39 is 11.9 Å². The lowest BCUT2D eigenvalue weighted by molar-refractivity contribution is -0.169. The second kappa shape index (κ2) is 4.96. The zero-order chi connectivity index (χ0) is 14.4. The van der Waals surface area contributed by atoms with Gasteiger partial charge in [0.15, 0.2) is 0 Å². The Bertz CT molecular complexity index is 351. The predicted octanol–water partition coefficient (Wildman–Crippen LogP) is 4.18. The van der Waals surface area contributed by atoms with Crippen molar-refractivity contribution >= 4 is 5.97 Å². The normalized spacial score (nSPS) is 39.0. The van der Waals surface area contributed by atoms with Crippen molar-refractivity contribution in [3.05, 3.63) is 0 Å². The van der Waals surface area contributed by atoms with E-state index in [1.165, 1.54) is 38.5 Å². The first-order valence-corrected chi connectivity index (χ1v) is 7.91. The second-order valence-electron chi connectivity index (χ2n) is 7.55. The maximum Gasteiger partial charge on any atom is 0.376 e. The van der Waals surface area contributed by atoms with Gasteiger partial charge in [-0.2, -0.15) is 8.78 Å². The van der Waals surface area contributed by atoms with E-state index in [4.69, 9.17) is 0 Å². The van der Waals surface area contributed by atoms with Gasteiger partial charge in [0.2, 0.25) is 0 Å². The Hall–Kier alpha value is -0.670. The number of carbonyl (C=O) groups excluding carboxylic acids is 1. The zero-order valence-electron chi connectivity index (χ0n) is 12.2. The van der Waals surface area contributed by atoms with Crippen molar-refractivity contribution in [2.45, 2.75) is 64.2 Å². The predicted molar refractivity (Wildman–Crippen MR) is 71.4 cm³/mol. The van der Waals surface area contributed by atoms with Crippen LogP contribution in [0.4, 0.5) is 8.78 Å². The molecule has 0 aromatic rings. The van der Waals surface area contributed by atoms with Gasteiger partial charge in [-0.1, -0.05) is 0 Å². The third-order valence-electron chi connectivity index (χ3n) is 5.61. The molecule has 0 heterocycles. The van der Waals surface area contributed by atoms with Gasteiger partial charge in [-0.25, -0.2) is 4.79 Å². The van der Waals surface area contributed by atoms with Crippen LogP contribution < -0.4 is 0 Å². The van der Waals surface area contributed by atoms with Crippen molar-refractivity contribution in [3.63, 3.8) is 0 Å². The molecule has 0 aliphatic heterocycles. The number of halogens is 2. The highest BCUT2D eigenvalue weighted by atomic mass is 19.3. The zero-order valence-corrected chi connectivity index (χ0v) is 12.2. The van der Waals surface area contributed by atoms with Crippen LogP contribution in [0.25, 0.3) is 0 Å². The summed E-state index contributed by atoms with van der Waals surface area (Å²) in [6, 6.07) is 0. The molecule has 2 nitrogen and oxygen atoms in total. The molecule has 0 radical (unpaired) electrons. The van der Waals surface area contributed by atoms with Gasteiger partial charge in [0.05, 0.1) is 6.61 Å². The summed E-state index contributed by atoms with van der Waals surface area (Å²) in [7, 11) is 0. The van der Waals surface area contributed by atoms with E-state index >= 15 is 0 Å². The minimum atomic E-state index is -3.36. The summed E-state index contributed by atoms with van der Waals surface area (Å²) in [5, 5.41) is 0. The highest BCUT2D eigenvalue weighted by Crippen LogP contribution is 2.61. The molecule has 4 fully saturated rings. The van der Waals surface area contributed by atoms with E-state index in [-0.39, 0.29) is 6.61 Å². The van der Waals surface area contributed by atoms with Gasteiger partial charge in [0.1, 0.15) is 0 Å². The molecule has 4 aliphatic rings. The SMILES string of the molecule is CC(F)(F)C(=O)OCCCC12CC3CC(CC(C3)C1)C2. The Morgan fingerprint density at radius 2 is 1.65 bits per heavy atom. The number of ether oxygens (including phenoxy) is 1. The summed E-state index contributed by atoms with van der Waals surface area (Å²) in [6.45, 7) is 0.735. The van der Waals surface area contributed by atoms with Gasteiger partial charge in [-0.3, -0.25) is 0 Å². The Labute approximate surface area is 119 Å². The second-order valence-corrected chi connectivity index (χ2v) is 7.55. The van der Waals surface area contributed by atoms with Crippen molar-refractivity contribution in [1.29, 1.82) is 0 Å². The van der Waals surface area contributed by atoms with Gasteiger partial charge in [0, 0.05) is 6.92 Å². The molecule has 0 spiro atoms. The smallest absolute Gasteiger partial charge is 0.376 e. The Morgan fingerprint density at radius 3 is 2.10 bits per heavy atom. The third-order valence-corrected chi connectivity index (χ3v) is 5.61. The fourth-order valence-corrected chi connectivity index (χ4v) is 5.33. The molecule has 4 aliphatic carbocycles. The van der Waals surface area contributed by atoms with E-state index in [9.17, 15) is 13.6 Å². The van der Waals surface area contributed by atoms with Gasteiger partial charge in [-0.15, -0.1) is 0 Å². The summed E-state index contributed by atoms with van der Waals surface area (Å²) in [4.78, 5) is 11.0. The van der Waals surface area contributed by atoms with Gasteiger partial charge in [-0.05, 0) is 74.5 Å². The Balaban J connectivity index is 1.46. The van der Waals surface area contributed by atoms with Crippen LogP contribution in [0, 0.1) is 23.2 Å². The highest BCUT2D eigenvalue weighted by molar-refractivity contribution is 5.76. The van der Waals surface area contributed by atoms with Crippen LogP contribution >= 0.6 is 0 Å². The first-order valence-electron chi connectivity index (χ1n) is 7.91. The number of carbonyl (C=O) groups is 1. The number of hydrogen-bond donors (Lipinski definition) is 0. The van der Waals surface area contributed by atoms with Gasteiger partial charge < -0.3 is 4.74 Å². The van der Waals surface area contributed by atoms with Gasteiger partial charge in [0.25, 0.3) is 0 Å². The lowest BCUT2D eigenvalue weighted by Crippen LogP contribution is -2.46. The van der Waals surface area contributed by atoms with Crippen LogP contribution in [0.5, 0.6) is 0 Å². The summed E-state index contributed by atoms with van der Waals surface area (Å²) >= 11 is 0. The molecule has 20 heavy (non-hydrogen) atoms. The van der Waals surface area contributed by atoms with Gasteiger partial charge >= 0.3 is 11.9 Å². The van der Waals surface area contributed by atoms with E-state index in [2.05, 4.69) is 4.74 Å². The van der Waals surface area contributed by atoms with Crippen LogP contribution in [0.3, 0.4) is 0 Å². The first kappa shape index (κ1) is 14.3. The minimum Gasteiger partial charge on any atom is -0.461 e. The molecule has 0 atom stereocenters. The van der Waals surface area contributed by atoms with E-state index in [0.717, 1.165) is 30.6 Å². The highest BCUT2D eigenvalue weighted by Gasteiger charge is 2.50. The van der Waals surface area contributed by atoms with E-state index in [1.807, 2.05) is 0 Å². The molecule has 4 saturated carbocycles. The summed E-state index contributed by atoms with van der Waals surface area (Å²) < 4.78 is 30.0. The molecule has 4 bridgehead atoms. The first-order chi connectivity index (χ1) is 9.36. The average Bonchev–Trinajstić information content (AvgIpc) is 2.31. The molecule has 4 heteroatoms. The molecule has 114 valence electrons. The molecule has 4 rings (SSSR count). The monoisotopic (exact) mass is 286 g/mol.